The van der Waals surface area contributed by atoms with Gasteiger partial charge in [0.1, 0.15) is 6.54 Å². The molecule has 0 aromatic carbocycles. The van der Waals surface area contributed by atoms with E-state index in [4.69, 9.17) is 11.6 Å². The summed E-state index contributed by atoms with van der Waals surface area (Å²) in [5, 5.41) is 11.9. The molecule has 0 radical (unpaired) electrons. The summed E-state index contributed by atoms with van der Waals surface area (Å²) in [7, 11) is 0. The number of hydrogen-bond donors (Lipinski definition) is 1. The highest BCUT2D eigenvalue weighted by atomic mass is 79.9. The molecule has 2 aromatic rings. The number of nitrogens with one attached hydrogen (secondary N) is 1. The van der Waals surface area contributed by atoms with E-state index in [1.165, 1.54) is 0 Å². The number of aromatic nitrogens is 4. The van der Waals surface area contributed by atoms with Crippen LogP contribution in [-0.2, 0) is 17.9 Å². The van der Waals surface area contributed by atoms with Crippen LogP contribution in [0.3, 0.4) is 0 Å². The normalized spacial score (nSPS) is 10.9. The van der Waals surface area contributed by atoms with Crippen LogP contribution in [0.15, 0.2) is 16.9 Å². The van der Waals surface area contributed by atoms with Gasteiger partial charge in [-0.25, -0.2) is 0 Å². The molecule has 0 spiro atoms. The number of nitrogens with zero attached hydrogens (tertiary/aromatic N) is 4. The Hall–Kier alpha value is -1.34. The van der Waals surface area contributed by atoms with Crippen LogP contribution in [0.4, 0.5) is 0 Å². The first-order valence-corrected chi connectivity index (χ1v) is 7.78. The molecule has 6 nitrogen and oxygen atoms in total. The molecule has 0 saturated carbocycles. The van der Waals surface area contributed by atoms with Gasteiger partial charge in [0.15, 0.2) is 0 Å². The Kier molecular flexibility index (Phi) is 5.41. The first-order chi connectivity index (χ1) is 9.97. The molecule has 1 N–H and O–H groups in total. The summed E-state index contributed by atoms with van der Waals surface area (Å²) in [5.74, 6) is -0.0494. The molecule has 0 aliphatic heterocycles. The highest BCUT2D eigenvalue weighted by Crippen LogP contribution is 2.19. The van der Waals surface area contributed by atoms with Crippen molar-refractivity contribution in [1.82, 2.24) is 24.9 Å². The van der Waals surface area contributed by atoms with Crippen molar-refractivity contribution in [3.8, 4) is 0 Å². The van der Waals surface area contributed by atoms with Gasteiger partial charge in [-0.1, -0.05) is 11.6 Å². The van der Waals surface area contributed by atoms with E-state index in [9.17, 15) is 4.79 Å². The van der Waals surface area contributed by atoms with Crippen molar-refractivity contribution in [3.05, 3.63) is 33.3 Å². The molecule has 2 heterocycles. The largest absolute Gasteiger partial charge is 0.354 e. The average Bonchev–Trinajstić information content (AvgIpc) is 2.95. The maximum Gasteiger partial charge on any atom is 0.241 e. The van der Waals surface area contributed by atoms with Crippen LogP contribution in [0.5, 0.6) is 0 Å². The van der Waals surface area contributed by atoms with E-state index in [0.717, 1.165) is 28.8 Å². The second kappa shape index (κ2) is 7.09. The third-order valence-electron chi connectivity index (χ3n) is 3.07. The summed E-state index contributed by atoms with van der Waals surface area (Å²) in [6, 6.07) is 0. The Labute approximate surface area is 136 Å². The fourth-order valence-corrected chi connectivity index (χ4v) is 2.39. The second-order valence-electron chi connectivity index (χ2n) is 4.77. The molecular weight excluding hydrogens is 358 g/mol. The summed E-state index contributed by atoms with van der Waals surface area (Å²) >= 11 is 9.22. The predicted molar refractivity (Wildman–Crippen MR) is 84.3 cm³/mol. The van der Waals surface area contributed by atoms with Crippen molar-refractivity contribution in [2.45, 2.75) is 33.4 Å². The topological polar surface area (TPSA) is 64.7 Å². The number of aryl methyl sites for hydroxylation is 2. The van der Waals surface area contributed by atoms with Gasteiger partial charge in [0.05, 0.1) is 27.1 Å². The van der Waals surface area contributed by atoms with Gasteiger partial charge in [-0.05, 0) is 36.2 Å². The van der Waals surface area contributed by atoms with E-state index < -0.39 is 0 Å². The van der Waals surface area contributed by atoms with Crippen LogP contribution in [0.2, 0.25) is 5.02 Å². The summed E-state index contributed by atoms with van der Waals surface area (Å²) in [4.78, 5) is 11.9. The van der Waals surface area contributed by atoms with Crippen molar-refractivity contribution in [2.24, 2.45) is 0 Å². The van der Waals surface area contributed by atoms with Crippen molar-refractivity contribution in [3.63, 3.8) is 0 Å². The van der Waals surface area contributed by atoms with E-state index >= 15 is 0 Å². The molecule has 2 rings (SSSR count). The van der Waals surface area contributed by atoms with E-state index in [0.29, 0.717) is 11.6 Å². The third kappa shape index (κ3) is 4.31. The lowest BCUT2D eigenvalue weighted by Crippen LogP contribution is -2.29. The average molecular weight is 375 g/mol. The summed E-state index contributed by atoms with van der Waals surface area (Å²) < 4.78 is 4.40. The maximum atomic E-state index is 11.9. The van der Waals surface area contributed by atoms with E-state index in [1.807, 2.05) is 13.8 Å². The molecule has 0 fully saturated rings. The Bertz CT molecular complexity index is 637. The number of hydrogen-bond acceptors (Lipinski definition) is 3. The molecule has 1 amide bonds. The van der Waals surface area contributed by atoms with Crippen LogP contribution in [0, 0.1) is 13.8 Å². The molecule has 114 valence electrons. The predicted octanol–water partition coefficient (Wildman–Crippen LogP) is 2.32. The van der Waals surface area contributed by atoms with E-state index in [-0.39, 0.29) is 12.5 Å². The Morgan fingerprint density at radius 2 is 2.24 bits per heavy atom. The van der Waals surface area contributed by atoms with Crippen molar-refractivity contribution in [1.29, 1.82) is 0 Å². The minimum atomic E-state index is -0.0494. The number of carbonyl (C=O) groups is 1. The quantitative estimate of drug-likeness (QED) is 0.789. The molecule has 8 heteroatoms. The fraction of sp³-hybridized carbons (Fsp3) is 0.462. The van der Waals surface area contributed by atoms with Gasteiger partial charge in [0.25, 0.3) is 0 Å². The number of carbonyl (C=O) groups excluding carboxylic acids is 1. The Morgan fingerprint density at radius 3 is 2.81 bits per heavy atom. The maximum absolute atomic E-state index is 11.9. The first-order valence-electron chi connectivity index (χ1n) is 6.61. The van der Waals surface area contributed by atoms with Crippen molar-refractivity contribution < 1.29 is 4.79 Å². The molecule has 0 unspecified atom stereocenters. The highest BCUT2D eigenvalue weighted by Gasteiger charge is 2.11. The molecule has 2 aromatic heterocycles. The van der Waals surface area contributed by atoms with Crippen molar-refractivity contribution in [2.75, 3.05) is 6.54 Å². The zero-order valence-electron chi connectivity index (χ0n) is 11.9. The zero-order chi connectivity index (χ0) is 15.4. The SMILES string of the molecule is Cc1nn(CC(=O)NCCCn2cc(Cl)cn2)c(C)c1Br. The second-order valence-corrected chi connectivity index (χ2v) is 6.00. The third-order valence-corrected chi connectivity index (χ3v) is 4.42. The van der Waals surface area contributed by atoms with Crippen molar-refractivity contribution >= 4 is 33.4 Å². The van der Waals surface area contributed by atoms with Gasteiger partial charge in [0, 0.05) is 19.3 Å². The standard InChI is InChI=1S/C13H17BrClN5O/c1-9-13(14)10(2)20(18-9)8-12(21)16-4-3-5-19-7-11(15)6-17-19/h6-7H,3-5,8H2,1-2H3,(H,16,21). The van der Waals surface area contributed by atoms with Gasteiger partial charge in [-0.15, -0.1) is 0 Å². The molecule has 21 heavy (non-hydrogen) atoms. The van der Waals surface area contributed by atoms with Crippen LogP contribution in [0.25, 0.3) is 0 Å². The van der Waals surface area contributed by atoms with Crippen LogP contribution < -0.4 is 5.32 Å². The minimum Gasteiger partial charge on any atom is -0.354 e. The van der Waals surface area contributed by atoms with E-state index in [2.05, 4.69) is 31.4 Å². The number of rotatable bonds is 6. The van der Waals surface area contributed by atoms with E-state index in [1.54, 1.807) is 21.8 Å². The van der Waals surface area contributed by atoms with Crippen LogP contribution in [-0.4, -0.2) is 32.0 Å². The fourth-order valence-electron chi connectivity index (χ4n) is 1.95. The summed E-state index contributed by atoms with van der Waals surface area (Å²) in [5.41, 5.74) is 1.84. The summed E-state index contributed by atoms with van der Waals surface area (Å²) in [6.07, 6.45) is 4.15. The molecule has 0 aliphatic rings. The monoisotopic (exact) mass is 373 g/mol. The first kappa shape index (κ1) is 16.0. The summed E-state index contributed by atoms with van der Waals surface area (Å²) in [6.45, 7) is 5.38. The Morgan fingerprint density at radius 1 is 1.48 bits per heavy atom. The van der Waals surface area contributed by atoms with Crippen LogP contribution >= 0.6 is 27.5 Å². The minimum absolute atomic E-state index is 0.0494. The highest BCUT2D eigenvalue weighted by molar-refractivity contribution is 9.10. The molecular formula is C13H17BrClN5O. The molecule has 0 saturated heterocycles. The zero-order valence-corrected chi connectivity index (χ0v) is 14.3. The van der Waals surface area contributed by atoms with Gasteiger partial charge in [0.2, 0.25) is 5.91 Å². The lowest BCUT2D eigenvalue weighted by atomic mass is 10.4. The molecule has 0 atom stereocenters. The number of halogens is 2. The smallest absolute Gasteiger partial charge is 0.241 e. The number of amides is 1. The molecule has 0 bridgehead atoms. The molecule has 0 aliphatic carbocycles. The Balaban J connectivity index is 1.73. The van der Waals surface area contributed by atoms with Gasteiger partial charge in [-0.2, -0.15) is 10.2 Å². The lowest BCUT2D eigenvalue weighted by Gasteiger charge is -2.07. The van der Waals surface area contributed by atoms with Gasteiger partial charge >= 0.3 is 0 Å². The lowest BCUT2D eigenvalue weighted by molar-refractivity contribution is -0.121. The van der Waals surface area contributed by atoms with Crippen LogP contribution in [0.1, 0.15) is 17.8 Å². The van der Waals surface area contributed by atoms with Gasteiger partial charge in [-0.3, -0.25) is 14.2 Å². The van der Waals surface area contributed by atoms with Gasteiger partial charge < -0.3 is 5.32 Å².